The zero-order chi connectivity index (χ0) is 18.4. The summed E-state index contributed by atoms with van der Waals surface area (Å²) in [7, 11) is 0. The number of nitrogens with zero attached hydrogens (tertiary/aromatic N) is 3. The van der Waals surface area contributed by atoms with Gasteiger partial charge in [0, 0.05) is 48.9 Å². The van der Waals surface area contributed by atoms with Crippen molar-refractivity contribution in [1.29, 1.82) is 0 Å². The van der Waals surface area contributed by atoms with E-state index in [-0.39, 0.29) is 23.6 Å². The van der Waals surface area contributed by atoms with Crippen LogP contribution in [0.1, 0.15) is 47.8 Å². The predicted molar refractivity (Wildman–Crippen MR) is 90.7 cm³/mol. The van der Waals surface area contributed by atoms with Gasteiger partial charge in [0.15, 0.2) is 11.6 Å². The number of aryl methyl sites for hydroxylation is 1. The van der Waals surface area contributed by atoms with Crippen LogP contribution in [-0.2, 0) is 13.1 Å². The molecule has 4 nitrogen and oxygen atoms in total. The molecule has 3 atom stereocenters. The van der Waals surface area contributed by atoms with Crippen LogP contribution in [0.2, 0.25) is 0 Å². The molecule has 7 heteroatoms. The number of halogens is 3. The third-order valence-electron chi connectivity index (χ3n) is 5.63. The summed E-state index contributed by atoms with van der Waals surface area (Å²) in [5, 5.41) is 0. The van der Waals surface area contributed by atoms with Crippen molar-refractivity contribution in [3.05, 3.63) is 58.4 Å². The van der Waals surface area contributed by atoms with Crippen molar-refractivity contribution in [3.8, 4) is 0 Å². The molecule has 2 aromatic rings. The van der Waals surface area contributed by atoms with Gasteiger partial charge in [0.1, 0.15) is 11.6 Å². The van der Waals surface area contributed by atoms with Crippen LogP contribution in [0.3, 0.4) is 0 Å². The fraction of sp³-hybridized carbons (Fsp3) is 0.474. The zero-order valence-electron chi connectivity index (χ0n) is 14.6. The lowest BCUT2D eigenvalue weighted by molar-refractivity contribution is 0.137. The molecule has 2 aliphatic rings. The molecule has 0 spiro atoms. The molecule has 0 radical (unpaired) electrons. The van der Waals surface area contributed by atoms with Crippen molar-refractivity contribution in [3.63, 3.8) is 0 Å². The highest BCUT2D eigenvalue weighted by atomic mass is 19.2. The number of hydrogen-bond donors (Lipinski definition) is 1. The maximum Gasteiger partial charge on any atom is 0.161 e. The fourth-order valence-electron chi connectivity index (χ4n) is 4.26. The Kier molecular flexibility index (Phi) is 4.44. The minimum atomic E-state index is -1.17. The number of rotatable bonds is 2. The Hall–Kier alpha value is -1.99. The summed E-state index contributed by atoms with van der Waals surface area (Å²) in [4.78, 5) is 11.1. The Morgan fingerprint density at radius 3 is 2.62 bits per heavy atom. The molecule has 1 fully saturated rings. The van der Waals surface area contributed by atoms with Crippen LogP contribution in [0.4, 0.5) is 13.2 Å². The van der Waals surface area contributed by atoms with E-state index >= 15 is 0 Å². The first kappa shape index (κ1) is 17.4. The van der Waals surface area contributed by atoms with E-state index in [1.807, 2.05) is 13.1 Å². The average Bonchev–Trinajstić information content (AvgIpc) is 3.01. The molecule has 0 bridgehead atoms. The van der Waals surface area contributed by atoms with Gasteiger partial charge in [-0.05, 0) is 37.8 Å². The molecule has 0 amide bonds. The van der Waals surface area contributed by atoms with Gasteiger partial charge in [-0.2, -0.15) is 0 Å². The second kappa shape index (κ2) is 6.63. The number of benzene rings is 1. The van der Waals surface area contributed by atoms with Crippen molar-refractivity contribution in [1.82, 2.24) is 14.9 Å². The minimum absolute atomic E-state index is 0.182. The molecule has 138 valence electrons. The van der Waals surface area contributed by atoms with E-state index < -0.39 is 17.5 Å². The van der Waals surface area contributed by atoms with Crippen LogP contribution in [0.5, 0.6) is 0 Å². The molecule has 1 saturated carbocycles. The van der Waals surface area contributed by atoms with Crippen molar-refractivity contribution >= 4 is 0 Å². The Morgan fingerprint density at radius 2 is 1.85 bits per heavy atom. The van der Waals surface area contributed by atoms with Gasteiger partial charge in [-0.3, -0.25) is 4.90 Å². The van der Waals surface area contributed by atoms with Crippen LogP contribution < -0.4 is 5.73 Å². The molecule has 2 N–H and O–H groups in total. The van der Waals surface area contributed by atoms with Crippen LogP contribution in [0.15, 0.2) is 18.3 Å². The van der Waals surface area contributed by atoms with E-state index in [1.54, 1.807) is 0 Å². The van der Waals surface area contributed by atoms with Crippen molar-refractivity contribution in [2.75, 3.05) is 0 Å². The van der Waals surface area contributed by atoms with E-state index in [2.05, 4.69) is 14.9 Å². The Balaban J connectivity index is 1.47. The molecular formula is C19H21F3N4. The summed E-state index contributed by atoms with van der Waals surface area (Å²) in [6.07, 6.45) is 4.03. The normalized spacial score (nSPS) is 26.1. The van der Waals surface area contributed by atoms with E-state index in [9.17, 15) is 13.2 Å². The summed E-state index contributed by atoms with van der Waals surface area (Å²) in [6.45, 7) is 3.43. The summed E-state index contributed by atoms with van der Waals surface area (Å²) >= 11 is 0. The van der Waals surface area contributed by atoms with Gasteiger partial charge >= 0.3 is 0 Å². The Labute approximate surface area is 150 Å². The zero-order valence-corrected chi connectivity index (χ0v) is 14.6. The first-order valence-corrected chi connectivity index (χ1v) is 8.88. The van der Waals surface area contributed by atoms with Gasteiger partial charge in [-0.15, -0.1) is 0 Å². The lowest BCUT2D eigenvalue weighted by Crippen LogP contribution is -2.44. The summed E-state index contributed by atoms with van der Waals surface area (Å²) in [5.74, 6) is -2.45. The number of fused-ring (bicyclic) bond motifs is 1. The highest BCUT2D eigenvalue weighted by Gasteiger charge is 2.36. The quantitative estimate of drug-likeness (QED) is 0.834. The van der Waals surface area contributed by atoms with Crippen LogP contribution >= 0.6 is 0 Å². The van der Waals surface area contributed by atoms with Crippen molar-refractivity contribution < 1.29 is 13.2 Å². The van der Waals surface area contributed by atoms with E-state index in [1.165, 1.54) is 0 Å². The Bertz CT molecular complexity index is 842. The van der Waals surface area contributed by atoms with Crippen molar-refractivity contribution in [2.45, 2.75) is 57.3 Å². The largest absolute Gasteiger partial charge is 0.327 e. The van der Waals surface area contributed by atoms with Gasteiger partial charge in [-0.25, -0.2) is 23.1 Å². The maximum atomic E-state index is 14.1. The smallest absolute Gasteiger partial charge is 0.161 e. The maximum absolute atomic E-state index is 14.1. The van der Waals surface area contributed by atoms with Crippen LogP contribution in [0.25, 0.3) is 0 Å². The number of nitrogens with two attached hydrogens (primary N) is 1. The van der Waals surface area contributed by atoms with Crippen molar-refractivity contribution in [2.24, 2.45) is 5.73 Å². The molecule has 4 rings (SSSR count). The number of aromatic nitrogens is 2. The lowest BCUT2D eigenvalue weighted by atomic mass is 9.77. The second-order valence-corrected chi connectivity index (χ2v) is 7.32. The molecule has 2 heterocycles. The van der Waals surface area contributed by atoms with Crippen LogP contribution in [-0.4, -0.2) is 27.0 Å². The number of hydrogen-bond acceptors (Lipinski definition) is 4. The molecule has 2 unspecified atom stereocenters. The van der Waals surface area contributed by atoms with Gasteiger partial charge < -0.3 is 5.73 Å². The highest BCUT2D eigenvalue weighted by molar-refractivity contribution is 5.27. The van der Waals surface area contributed by atoms with Gasteiger partial charge in [0.25, 0.3) is 0 Å². The third kappa shape index (κ3) is 3.10. The van der Waals surface area contributed by atoms with E-state index in [0.29, 0.717) is 18.9 Å². The SMILES string of the molecule is Cc1ncc2c(n1)CN(C1CC[C@H](c3cc(F)c(F)cc3F)C(N)C1)C2. The first-order chi connectivity index (χ1) is 12.4. The highest BCUT2D eigenvalue weighted by Crippen LogP contribution is 2.38. The third-order valence-corrected chi connectivity index (χ3v) is 5.63. The molecule has 1 aromatic heterocycles. The summed E-state index contributed by atoms with van der Waals surface area (Å²) in [6, 6.07) is 1.54. The summed E-state index contributed by atoms with van der Waals surface area (Å²) < 4.78 is 40.8. The second-order valence-electron chi connectivity index (χ2n) is 7.32. The monoisotopic (exact) mass is 362 g/mol. The predicted octanol–water partition coefficient (Wildman–Crippen LogP) is 3.18. The molecule has 1 aromatic carbocycles. The minimum Gasteiger partial charge on any atom is -0.327 e. The molecule has 0 saturated heterocycles. The van der Waals surface area contributed by atoms with Gasteiger partial charge in [0.05, 0.1) is 5.69 Å². The molecule has 1 aliphatic heterocycles. The topological polar surface area (TPSA) is 55.0 Å². The van der Waals surface area contributed by atoms with E-state index in [0.717, 1.165) is 42.7 Å². The molecular weight excluding hydrogens is 341 g/mol. The Morgan fingerprint density at radius 1 is 1.08 bits per heavy atom. The van der Waals surface area contributed by atoms with Gasteiger partial charge in [0.2, 0.25) is 0 Å². The summed E-state index contributed by atoms with van der Waals surface area (Å²) in [5.41, 5.74) is 8.69. The fourth-order valence-corrected chi connectivity index (χ4v) is 4.26. The first-order valence-electron chi connectivity index (χ1n) is 8.88. The van der Waals surface area contributed by atoms with E-state index in [4.69, 9.17) is 5.73 Å². The van der Waals surface area contributed by atoms with Crippen LogP contribution in [0, 0.1) is 24.4 Å². The molecule has 26 heavy (non-hydrogen) atoms. The standard InChI is InChI=1S/C19H21F3N4/c1-10-24-7-11-8-26(9-19(11)25-10)12-2-3-13(18(23)4-12)14-5-16(21)17(22)6-15(14)20/h5-7,12-13,18H,2-4,8-9,23H2,1H3/t12?,13-,18?/m1/s1. The molecule has 1 aliphatic carbocycles. The van der Waals surface area contributed by atoms with Gasteiger partial charge in [-0.1, -0.05) is 0 Å². The average molecular weight is 362 g/mol. The lowest BCUT2D eigenvalue weighted by Gasteiger charge is -2.38.